The molecule has 7 nitrogen and oxygen atoms in total. The molecule has 0 saturated carbocycles. The Balaban J connectivity index is 2.03. The van der Waals surface area contributed by atoms with E-state index in [1.165, 1.54) is 4.90 Å². The van der Waals surface area contributed by atoms with Crippen LogP contribution in [-0.2, 0) is 16.6 Å². The highest BCUT2D eigenvalue weighted by atomic mass is 16.5. The Labute approximate surface area is 117 Å². The van der Waals surface area contributed by atoms with Crippen molar-refractivity contribution < 1.29 is 19.4 Å². The molecule has 0 bridgehead atoms. The number of ether oxygens (including phenoxy) is 1. The average molecular weight is 281 g/mol. The van der Waals surface area contributed by atoms with Crippen molar-refractivity contribution >= 4 is 11.9 Å². The lowest BCUT2D eigenvalue weighted by Gasteiger charge is -2.24. The van der Waals surface area contributed by atoms with Gasteiger partial charge >= 0.3 is 5.97 Å². The van der Waals surface area contributed by atoms with Gasteiger partial charge < -0.3 is 19.3 Å². The first-order valence-corrected chi connectivity index (χ1v) is 6.67. The molecule has 2 heterocycles. The average Bonchev–Trinajstić information content (AvgIpc) is 3.04. The van der Waals surface area contributed by atoms with E-state index in [-0.39, 0.29) is 25.0 Å². The maximum absolute atomic E-state index is 12.4. The van der Waals surface area contributed by atoms with E-state index in [1.54, 1.807) is 24.1 Å². The number of imidazole rings is 1. The molecule has 1 fully saturated rings. The van der Waals surface area contributed by atoms with Crippen LogP contribution in [0, 0.1) is 0 Å². The summed E-state index contributed by atoms with van der Waals surface area (Å²) in [6.07, 6.45) is 4.98. The molecule has 1 unspecified atom stereocenters. The van der Waals surface area contributed by atoms with E-state index in [4.69, 9.17) is 9.84 Å². The third-order valence-electron chi connectivity index (χ3n) is 3.25. The summed E-state index contributed by atoms with van der Waals surface area (Å²) in [5.41, 5.74) is 0.330. The van der Waals surface area contributed by atoms with Gasteiger partial charge in [-0.1, -0.05) is 0 Å². The molecule has 1 aliphatic rings. The Kier molecular flexibility index (Phi) is 4.73. The Hall–Kier alpha value is -1.89. The SMILES string of the molecule is Cn1cnc(C(=O)N(CCC(=O)O)CC2CCCO2)c1. The van der Waals surface area contributed by atoms with Gasteiger partial charge in [-0.05, 0) is 12.8 Å². The molecule has 1 saturated heterocycles. The molecule has 1 aliphatic heterocycles. The molecule has 0 radical (unpaired) electrons. The standard InChI is InChI=1S/C13H19N3O4/c1-15-8-11(14-9-15)13(19)16(5-4-12(17)18)7-10-3-2-6-20-10/h8-10H,2-7H2,1H3,(H,17,18). The van der Waals surface area contributed by atoms with Crippen LogP contribution in [0.2, 0.25) is 0 Å². The summed E-state index contributed by atoms with van der Waals surface area (Å²) in [4.78, 5) is 28.6. The molecule has 1 aromatic heterocycles. The topological polar surface area (TPSA) is 84.7 Å². The second-order valence-electron chi connectivity index (χ2n) is 4.95. The number of aryl methyl sites for hydroxylation is 1. The normalized spacial score (nSPS) is 18.1. The van der Waals surface area contributed by atoms with Crippen molar-refractivity contribution in [2.24, 2.45) is 7.05 Å². The largest absolute Gasteiger partial charge is 0.481 e. The van der Waals surface area contributed by atoms with Gasteiger partial charge in [-0.3, -0.25) is 9.59 Å². The van der Waals surface area contributed by atoms with Gasteiger partial charge in [0.1, 0.15) is 5.69 Å². The number of carboxylic acids is 1. The minimum absolute atomic E-state index is 0.00328. The van der Waals surface area contributed by atoms with E-state index >= 15 is 0 Å². The number of hydrogen-bond acceptors (Lipinski definition) is 4. The Bertz CT molecular complexity index is 480. The highest BCUT2D eigenvalue weighted by Gasteiger charge is 2.24. The van der Waals surface area contributed by atoms with Crippen LogP contribution in [-0.4, -0.2) is 57.2 Å². The number of aromatic nitrogens is 2. The van der Waals surface area contributed by atoms with Crippen molar-refractivity contribution in [1.82, 2.24) is 14.5 Å². The van der Waals surface area contributed by atoms with Crippen molar-refractivity contribution in [1.29, 1.82) is 0 Å². The monoisotopic (exact) mass is 281 g/mol. The highest BCUT2D eigenvalue weighted by molar-refractivity contribution is 5.92. The van der Waals surface area contributed by atoms with Crippen LogP contribution in [0.15, 0.2) is 12.5 Å². The lowest BCUT2D eigenvalue weighted by atomic mass is 10.2. The van der Waals surface area contributed by atoms with Crippen molar-refractivity contribution in [3.05, 3.63) is 18.2 Å². The van der Waals surface area contributed by atoms with Crippen LogP contribution >= 0.6 is 0 Å². The van der Waals surface area contributed by atoms with Crippen LogP contribution in [0.4, 0.5) is 0 Å². The number of rotatable bonds is 6. The van der Waals surface area contributed by atoms with Crippen molar-refractivity contribution in [2.75, 3.05) is 19.7 Å². The molecular formula is C13H19N3O4. The van der Waals surface area contributed by atoms with Gasteiger partial charge in [-0.25, -0.2) is 4.98 Å². The zero-order valence-electron chi connectivity index (χ0n) is 11.5. The molecule has 20 heavy (non-hydrogen) atoms. The van der Waals surface area contributed by atoms with E-state index < -0.39 is 5.97 Å². The number of carbonyl (C=O) groups excluding carboxylic acids is 1. The number of amides is 1. The summed E-state index contributed by atoms with van der Waals surface area (Å²) in [6.45, 7) is 1.29. The van der Waals surface area contributed by atoms with Crippen LogP contribution in [0.3, 0.4) is 0 Å². The third-order valence-corrected chi connectivity index (χ3v) is 3.25. The first-order chi connectivity index (χ1) is 9.56. The first kappa shape index (κ1) is 14.5. The number of hydrogen-bond donors (Lipinski definition) is 1. The second-order valence-corrected chi connectivity index (χ2v) is 4.95. The van der Waals surface area contributed by atoms with Gasteiger partial charge in [0.15, 0.2) is 0 Å². The van der Waals surface area contributed by atoms with Crippen LogP contribution in [0.25, 0.3) is 0 Å². The molecule has 7 heteroatoms. The number of aliphatic carboxylic acids is 1. The van der Waals surface area contributed by atoms with Crippen LogP contribution in [0.1, 0.15) is 29.8 Å². The molecule has 1 N–H and O–H groups in total. The van der Waals surface area contributed by atoms with E-state index in [2.05, 4.69) is 4.98 Å². The first-order valence-electron chi connectivity index (χ1n) is 6.67. The minimum Gasteiger partial charge on any atom is -0.481 e. The van der Waals surface area contributed by atoms with Gasteiger partial charge in [0.25, 0.3) is 5.91 Å². The molecular weight excluding hydrogens is 262 g/mol. The van der Waals surface area contributed by atoms with E-state index in [0.717, 1.165) is 12.8 Å². The molecule has 1 amide bonds. The zero-order valence-corrected chi connectivity index (χ0v) is 11.5. The Morgan fingerprint density at radius 2 is 2.40 bits per heavy atom. The Morgan fingerprint density at radius 3 is 2.95 bits per heavy atom. The Morgan fingerprint density at radius 1 is 1.60 bits per heavy atom. The summed E-state index contributed by atoms with van der Waals surface area (Å²) < 4.78 is 7.20. The molecule has 1 atom stereocenters. The van der Waals surface area contributed by atoms with Crippen LogP contribution < -0.4 is 0 Å². The zero-order chi connectivity index (χ0) is 14.5. The fourth-order valence-electron chi connectivity index (χ4n) is 2.23. The lowest BCUT2D eigenvalue weighted by Crippen LogP contribution is -2.39. The molecule has 0 aliphatic carbocycles. The van der Waals surface area contributed by atoms with Crippen molar-refractivity contribution in [2.45, 2.75) is 25.4 Å². The molecule has 0 aromatic carbocycles. The van der Waals surface area contributed by atoms with E-state index in [0.29, 0.717) is 18.8 Å². The fourth-order valence-corrected chi connectivity index (χ4v) is 2.23. The smallest absolute Gasteiger partial charge is 0.305 e. The van der Waals surface area contributed by atoms with E-state index in [9.17, 15) is 9.59 Å². The predicted octanol–water partition coefficient (Wildman–Crippen LogP) is 0.516. The minimum atomic E-state index is -0.920. The maximum atomic E-state index is 12.4. The van der Waals surface area contributed by atoms with Gasteiger partial charge in [-0.2, -0.15) is 0 Å². The number of carboxylic acid groups (broad SMARTS) is 1. The fraction of sp³-hybridized carbons (Fsp3) is 0.615. The second kappa shape index (κ2) is 6.51. The van der Waals surface area contributed by atoms with Gasteiger partial charge in [-0.15, -0.1) is 0 Å². The highest BCUT2D eigenvalue weighted by Crippen LogP contribution is 2.15. The molecule has 1 aromatic rings. The van der Waals surface area contributed by atoms with E-state index in [1.807, 2.05) is 0 Å². The van der Waals surface area contributed by atoms with Gasteiger partial charge in [0.05, 0.1) is 18.9 Å². The summed E-state index contributed by atoms with van der Waals surface area (Å²) >= 11 is 0. The molecule has 0 spiro atoms. The number of carbonyl (C=O) groups is 2. The van der Waals surface area contributed by atoms with Crippen molar-refractivity contribution in [3.63, 3.8) is 0 Å². The quantitative estimate of drug-likeness (QED) is 0.821. The summed E-state index contributed by atoms with van der Waals surface area (Å²) in [5.74, 6) is -1.17. The summed E-state index contributed by atoms with van der Waals surface area (Å²) in [5, 5.41) is 8.79. The third kappa shape index (κ3) is 3.80. The molecule has 110 valence electrons. The van der Waals surface area contributed by atoms with Crippen molar-refractivity contribution in [3.8, 4) is 0 Å². The molecule has 2 rings (SSSR count). The lowest BCUT2D eigenvalue weighted by molar-refractivity contribution is -0.137. The summed E-state index contributed by atoms with van der Waals surface area (Å²) in [7, 11) is 1.78. The number of nitrogens with zero attached hydrogens (tertiary/aromatic N) is 3. The van der Waals surface area contributed by atoms with Crippen LogP contribution in [0.5, 0.6) is 0 Å². The van der Waals surface area contributed by atoms with Gasteiger partial charge in [0, 0.05) is 32.9 Å². The summed E-state index contributed by atoms with van der Waals surface area (Å²) in [6, 6.07) is 0. The predicted molar refractivity (Wildman–Crippen MR) is 70.3 cm³/mol. The maximum Gasteiger partial charge on any atom is 0.305 e. The van der Waals surface area contributed by atoms with Gasteiger partial charge in [0.2, 0.25) is 0 Å².